The largest absolute Gasteiger partial charge is 0.508 e. The van der Waals surface area contributed by atoms with Crippen LogP contribution in [0.5, 0.6) is 11.5 Å². The summed E-state index contributed by atoms with van der Waals surface area (Å²) in [5, 5.41) is 9.39. The average molecular weight is 214 g/mol. The zero-order valence-corrected chi connectivity index (χ0v) is 9.18. The number of rotatable bonds is 3. The van der Waals surface area contributed by atoms with Crippen molar-refractivity contribution in [2.75, 3.05) is 6.61 Å². The van der Waals surface area contributed by atoms with Crippen molar-refractivity contribution in [1.29, 1.82) is 0 Å². The lowest BCUT2D eigenvalue weighted by atomic mass is 10.1. The number of benzene rings is 2. The van der Waals surface area contributed by atoms with Gasteiger partial charge in [0.2, 0.25) is 0 Å². The molecular weight excluding hydrogens is 200 g/mol. The number of hydrogen-bond acceptors (Lipinski definition) is 2. The van der Waals surface area contributed by atoms with Gasteiger partial charge in [0, 0.05) is 0 Å². The van der Waals surface area contributed by atoms with Crippen LogP contribution in [0.3, 0.4) is 0 Å². The van der Waals surface area contributed by atoms with Gasteiger partial charge in [-0.15, -0.1) is 0 Å². The van der Waals surface area contributed by atoms with Crippen molar-refractivity contribution in [3.05, 3.63) is 48.5 Å². The van der Waals surface area contributed by atoms with Gasteiger partial charge in [0.05, 0.1) is 6.61 Å². The Kier molecular flexibility index (Phi) is 3.10. The highest BCUT2D eigenvalue weighted by Crippen LogP contribution is 2.25. The molecule has 2 nitrogen and oxygen atoms in total. The van der Waals surface area contributed by atoms with Crippen LogP contribution < -0.4 is 4.74 Å². The molecule has 82 valence electrons. The molecule has 2 heteroatoms. The molecule has 0 bridgehead atoms. The zero-order chi connectivity index (χ0) is 11.4. The van der Waals surface area contributed by atoms with E-state index in [1.807, 2.05) is 43.3 Å². The minimum Gasteiger partial charge on any atom is -0.508 e. The fourth-order valence-corrected chi connectivity index (χ4v) is 1.60. The summed E-state index contributed by atoms with van der Waals surface area (Å²) in [7, 11) is 0. The molecule has 0 saturated heterocycles. The lowest BCUT2D eigenvalue weighted by Crippen LogP contribution is -1.90. The lowest BCUT2D eigenvalue weighted by molar-refractivity contribution is 0.340. The topological polar surface area (TPSA) is 29.5 Å². The molecule has 0 aliphatic heterocycles. The molecule has 0 heterocycles. The standard InChI is InChI=1S/C14H14O2/c1-2-16-14-8-6-11(7-9-14)12-4-3-5-13(15)10-12/h3-10,15H,2H2,1H3. The second kappa shape index (κ2) is 4.71. The Morgan fingerprint density at radius 3 is 2.38 bits per heavy atom. The highest BCUT2D eigenvalue weighted by molar-refractivity contribution is 5.65. The van der Waals surface area contributed by atoms with Crippen molar-refractivity contribution >= 4 is 0 Å². The third-order valence-corrected chi connectivity index (χ3v) is 2.34. The first-order chi connectivity index (χ1) is 7.79. The molecular formula is C14H14O2. The fraction of sp³-hybridized carbons (Fsp3) is 0.143. The van der Waals surface area contributed by atoms with Gasteiger partial charge in [-0.25, -0.2) is 0 Å². The van der Waals surface area contributed by atoms with E-state index in [2.05, 4.69) is 0 Å². The van der Waals surface area contributed by atoms with Crippen molar-refractivity contribution < 1.29 is 9.84 Å². The van der Waals surface area contributed by atoms with Crippen molar-refractivity contribution in [2.45, 2.75) is 6.92 Å². The molecule has 2 rings (SSSR count). The summed E-state index contributed by atoms with van der Waals surface area (Å²) in [5.74, 6) is 1.15. The predicted octanol–water partition coefficient (Wildman–Crippen LogP) is 3.46. The van der Waals surface area contributed by atoms with Crippen LogP contribution in [-0.2, 0) is 0 Å². The minimum atomic E-state index is 0.284. The molecule has 0 unspecified atom stereocenters. The normalized spacial score (nSPS) is 10.1. The molecule has 0 fully saturated rings. The Morgan fingerprint density at radius 1 is 1.00 bits per heavy atom. The maximum Gasteiger partial charge on any atom is 0.119 e. The monoisotopic (exact) mass is 214 g/mol. The first kappa shape index (κ1) is 10.6. The van der Waals surface area contributed by atoms with E-state index in [-0.39, 0.29) is 5.75 Å². The van der Waals surface area contributed by atoms with Crippen molar-refractivity contribution in [2.24, 2.45) is 0 Å². The molecule has 0 aliphatic carbocycles. The van der Waals surface area contributed by atoms with E-state index in [0.717, 1.165) is 16.9 Å². The Morgan fingerprint density at radius 2 is 1.75 bits per heavy atom. The molecule has 0 atom stereocenters. The van der Waals surface area contributed by atoms with Crippen molar-refractivity contribution in [1.82, 2.24) is 0 Å². The Balaban J connectivity index is 2.27. The van der Waals surface area contributed by atoms with E-state index in [4.69, 9.17) is 4.74 Å². The summed E-state index contributed by atoms with van der Waals surface area (Å²) in [6.45, 7) is 2.63. The van der Waals surface area contributed by atoms with E-state index < -0.39 is 0 Å². The number of phenols is 1. The number of phenolic OH excluding ortho intramolecular Hbond substituents is 1. The van der Waals surface area contributed by atoms with Gasteiger partial charge < -0.3 is 9.84 Å². The Labute approximate surface area is 95.1 Å². The Bertz CT molecular complexity index is 460. The van der Waals surface area contributed by atoms with Crippen LogP contribution in [0.15, 0.2) is 48.5 Å². The number of aromatic hydroxyl groups is 1. The third kappa shape index (κ3) is 2.34. The molecule has 16 heavy (non-hydrogen) atoms. The van der Waals surface area contributed by atoms with Crippen LogP contribution in [0.4, 0.5) is 0 Å². The lowest BCUT2D eigenvalue weighted by Gasteiger charge is -2.05. The van der Waals surface area contributed by atoms with Crippen molar-refractivity contribution in [3.8, 4) is 22.6 Å². The Hall–Kier alpha value is -1.96. The maximum absolute atomic E-state index is 9.39. The molecule has 2 aromatic carbocycles. The molecule has 0 aliphatic rings. The van der Waals surface area contributed by atoms with E-state index in [1.54, 1.807) is 12.1 Å². The van der Waals surface area contributed by atoms with Crippen LogP contribution in [-0.4, -0.2) is 11.7 Å². The van der Waals surface area contributed by atoms with Gasteiger partial charge in [-0.3, -0.25) is 0 Å². The summed E-state index contributed by atoms with van der Waals surface area (Å²) in [4.78, 5) is 0. The molecule has 2 aromatic rings. The van der Waals surface area contributed by atoms with Crippen LogP contribution in [0, 0.1) is 0 Å². The molecule has 0 spiro atoms. The van der Waals surface area contributed by atoms with Crippen LogP contribution >= 0.6 is 0 Å². The SMILES string of the molecule is CCOc1ccc(-c2cccc(O)c2)cc1. The first-order valence-electron chi connectivity index (χ1n) is 5.32. The maximum atomic E-state index is 9.39. The second-order valence-corrected chi connectivity index (χ2v) is 3.51. The minimum absolute atomic E-state index is 0.284. The highest BCUT2D eigenvalue weighted by Gasteiger charge is 1.99. The summed E-state index contributed by atoms with van der Waals surface area (Å²) in [6, 6.07) is 15.1. The van der Waals surface area contributed by atoms with Crippen molar-refractivity contribution in [3.63, 3.8) is 0 Å². The molecule has 0 saturated carbocycles. The van der Waals surface area contributed by atoms with Gasteiger partial charge in [-0.2, -0.15) is 0 Å². The molecule has 1 N–H and O–H groups in total. The number of hydrogen-bond donors (Lipinski definition) is 1. The van der Waals surface area contributed by atoms with E-state index in [0.29, 0.717) is 6.61 Å². The average Bonchev–Trinajstić information content (AvgIpc) is 2.30. The fourth-order valence-electron chi connectivity index (χ4n) is 1.60. The van der Waals surface area contributed by atoms with Crippen LogP contribution in [0.1, 0.15) is 6.92 Å². The smallest absolute Gasteiger partial charge is 0.119 e. The van der Waals surface area contributed by atoms with Crippen LogP contribution in [0.25, 0.3) is 11.1 Å². The van der Waals surface area contributed by atoms with Gasteiger partial charge in [-0.05, 0) is 42.3 Å². The molecule has 0 amide bonds. The molecule has 0 radical (unpaired) electrons. The summed E-state index contributed by atoms with van der Waals surface area (Å²) >= 11 is 0. The highest BCUT2D eigenvalue weighted by atomic mass is 16.5. The van der Waals surface area contributed by atoms with Gasteiger partial charge in [0.25, 0.3) is 0 Å². The van der Waals surface area contributed by atoms with E-state index in [9.17, 15) is 5.11 Å². The number of ether oxygens (including phenoxy) is 1. The van der Waals surface area contributed by atoms with Gasteiger partial charge in [-0.1, -0.05) is 24.3 Å². The van der Waals surface area contributed by atoms with Gasteiger partial charge in [0.15, 0.2) is 0 Å². The van der Waals surface area contributed by atoms with E-state index >= 15 is 0 Å². The third-order valence-electron chi connectivity index (χ3n) is 2.34. The predicted molar refractivity (Wildman–Crippen MR) is 64.7 cm³/mol. The van der Waals surface area contributed by atoms with Crippen LogP contribution in [0.2, 0.25) is 0 Å². The van der Waals surface area contributed by atoms with Gasteiger partial charge in [0.1, 0.15) is 11.5 Å². The summed E-state index contributed by atoms with van der Waals surface area (Å²) in [6.07, 6.45) is 0. The summed E-state index contributed by atoms with van der Waals surface area (Å²) in [5.41, 5.74) is 2.07. The quantitative estimate of drug-likeness (QED) is 0.847. The van der Waals surface area contributed by atoms with Gasteiger partial charge >= 0.3 is 0 Å². The zero-order valence-electron chi connectivity index (χ0n) is 9.18. The second-order valence-electron chi connectivity index (χ2n) is 3.51. The molecule has 0 aromatic heterocycles. The van der Waals surface area contributed by atoms with E-state index in [1.165, 1.54) is 0 Å². The first-order valence-corrected chi connectivity index (χ1v) is 5.32. The summed E-state index contributed by atoms with van der Waals surface area (Å²) < 4.78 is 5.37.